The zero-order valence-electron chi connectivity index (χ0n) is 11.9. The Hall–Kier alpha value is -3.01. The van der Waals surface area contributed by atoms with Crippen LogP contribution in [0.3, 0.4) is 0 Å². The highest BCUT2D eigenvalue weighted by atomic mass is 15.0. The zero-order chi connectivity index (χ0) is 14.8. The van der Waals surface area contributed by atoms with Crippen LogP contribution < -0.4 is 0 Å². The van der Waals surface area contributed by atoms with Gasteiger partial charge in [0, 0.05) is 23.5 Å². The average Bonchev–Trinajstić information content (AvgIpc) is 3.00. The molecule has 0 saturated heterocycles. The van der Waals surface area contributed by atoms with Crippen LogP contribution in [-0.4, -0.2) is 19.5 Å². The number of benzene rings is 2. The van der Waals surface area contributed by atoms with Gasteiger partial charge >= 0.3 is 0 Å². The average molecular weight is 286 g/mol. The van der Waals surface area contributed by atoms with E-state index in [4.69, 9.17) is 0 Å². The molecule has 0 fully saturated rings. The molecule has 0 aliphatic rings. The molecular weight excluding hydrogens is 272 g/mol. The topological polar surface area (TPSA) is 43.6 Å². The second-order valence-corrected chi connectivity index (χ2v) is 5.14. The normalized spacial score (nSPS) is 10.9. The first-order chi connectivity index (χ1) is 10.9. The Bertz CT molecular complexity index is 895. The van der Waals surface area contributed by atoms with Crippen molar-refractivity contribution < 1.29 is 0 Å². The van der Waals surface area contributed by atoms with Crippen LogP contribution in [0.4, 0.5) is 0 Å². The van der Waals surface area contributed by atoms with Crippen LogP contribution in [0.1, 0.15) is 5.56 Å². The van der Waals surface area contributed by atoms with Crippen molar-refractivity contribution in [2.75, 3.05) is 0 Å². The molecule has 0 radical (unpaired) electrons. The number of aromatic nitrogens is 4. The fourth-order valence-electron chi connectivity index (χ4n) is 2.51. The van der Waals surface area contributed by atoms with Crippen LogP contribution in [0.15, 0.2) is 73.3 Å². The van der Waals surface area contributed by atoms with Crippen molar-refractivity contribution in [3.8, 4) is 11.4 Å². The van der Waals surface area contributed by atoms with Gasteiger partial charge in [0.2, 0.25) is 0 Å². The number of fused-ring (bicyclic) bond motifs is 1. The predicted molar refractivity (Wildman–Crippen MR) is 86.3 cm³/mol. The molecule has 4 rings (SSSR count). The third-order valence-electron chi connectivity index (χ3n) is 3.62. The quantitative estimate of drug-likeness (QED) is 0.578. The molecule has 0 atom stereocenters. The zero-order valence-corrected chi connectivity index (χ0v) is 11.9. The van der Waals surface area contributed by atoms with Crippen molar-refractivity contribution >= 4 is 11.0 Å². The molecule has 4 heteroatoms. The van der Waals surface area contributed by atoms with Gasteiger partial charge in [-0.05, 0) is 12.1 Å². The largest absolute Gasteiger partial charge is 0.326 e. The molecule has 0 amide bonds. The molecule has 22 heavy (non-hydrogen) atoms. The van der Waals surface area contributed by atoms with Crippen molar-refractivity contribution in [1.29, 1.82) is 0 Å². The summed E-state index contributed by atoms with van der Waals surface area (Å²) in [6.45, 7) is 0.718. The maximum atomic E-state index is 4.46. The second kappa shape index (κ2) is 5.41. The summed E-state index contributed by atoms with van der Waals surface area (Å²) >= 11 is 0. The summed E-state index contributed by atoms with van der Waals surface area (Å²) in [4.78, 5) is 13.3. The van der Waals surface area contributed by atoms with Crippen molar-refractivity contribution in [2.24, 2.45) is 0 Å². The molecule has 0 aliphatic carbocycles. The molecule has 106 valence electrons. The number of imidazole rings is 1. The van der Waals surface area contributed by atoms with Gasteiger partial charge < -0.3 is 4.57 Å². The van der Waals surface area contributed by atoms with E-state index in [1.54, 1.807) is 0 Å². The number of hydrogen-bond donors (Lipinski definition) is 0. The lowest BCUT2D eigenvalue weighted by atomic mass is 10.2. The van der Waals surface area contributed by atoms with Crippen LogP contribution in [0.25, 0.3) is 22.4 Å². The van der Waals surface area contributed by atoms with Crippen LogP contribution in [0, 0.1) is 0 Å². The van der Waals surface area contributed by atoms with Crippen LogP contribution in [0.5, 0.6) is 0 Å². The molecule has 2 heterocycles. The minimum absolute atomic E-state index is 0.718. The van der Waals surface area contributed by atoms with Crippen LogP contribution in [-0.2, 0) is 6.54 Å². The molecule has 0 unspecified atom stereocenters. The Kier molecular flexibility index (Phi) is 3.12. The molecule has 4 nitrogen and oxygen atoms in total. The maximum absolute atomic E-state index is 4.46. The van der Waals surface area contributed by atoms with Gasteiger partial charge in [-0.3, -0.25) is 0 Å². The van der Waals surface area contributed by atoms with E-state index >= 15 is 0 Å². The lowest BCUT2D eigenvalue weighted by molar-refractivity contribution is 0.813. The van der Waals surface area contributed by atoms with Gasteiger partial charge in [0.15, 0.2) is 5.82 Å². The SMILES string of the molecule is c1ccc(-c2ncc(Cn3cnc4ccccc43)cn2)cc1. The van der Waals surface area contributed by atoms with Crippen LogP contribution in [0.2, 0.25) is 0 Å². The van der Waals surface area contributed by atoms with E-state index in [1.807, 2.05) is 67.3 Å². The Morgan fingerprint density at radius 2 is 1.50 bits per heavy atom. The molecule has 0 bridgehead atoms. The van der Waals surface area contributed by atoms with Gasteiger partial charge in [0.05, 0.1) is 23.9 Å². The van der Waals surface area contributed by atoms with E-state index in [0.717, 1.165) is 34.5 Å². The van der Waals surface area contributed by atoms with E-state index in [-0.39, 0.29) is 0 Å². The van der Waals surface area contributed by atoms with E-state index < -0.39 is 0 Å². The van der Waals surface area contributed by atoms with Crippen molar-refractivity contribution in [1.82, 2.24) is 19.5 Å². The van der Waals surface area contributed by atoms with Gasteiger partial charge in [-0.1, -0.05) is 42.5 Å². The minimum atomic E-state index is 0.718. The Morgan fingerprint density at radius 3 is 2.32 bits per heavy atom. The predicted octanol–water partition coefficient (Wildman–Crippen LogP) is 3.54. The summed E-state index contributed by atoms with van der Waals surface area (Å²) in [6.07, 6.45) is 5.62. The summed E-state index contributed by atoms with van der Waals surface area (Å²) in [5.41, 5.74) is 4.21. The summed E-state index contributed by atoms with van der Waals surface area (Å²) in [6, 6.07) is 18.1. The number of hydrogen-bond acceptors (Lipinski definition) is 3. The molecule has 2 aromatic carbocycles. The summed E-state index contributed by atoms with van der Waals surface area (Å²) in [5, 5.41) is 0. The van der Waals surface area contributed by atoms with Gasteiger partial charge in [-0.25, -0.2) is 15.0 Å². The number of rotatable bonds is 3. The molecule has 0 spiro atoms. The van der Waals surface area contributed by atoms with Gasteiger partial charge in [-0.2, -0.15) is 0 Å². The molecule has 0 aliphatic heterocycles. The van der Waals surface area contributed by atoms with Crippen LogP contribution >= 0.6 is 0 Å². The van der Waals surface area contributed by atoms with E-state index in [0.29, 0.717) is 0 Å². The third-order valence-corrected chi connectivity index (χ3v) is 3.62. The fourth-order valence-corrected chi connectivity index (χ4v) is 2.51. The third kappa shape index (κ3) is 2.35. The van der Waals surface area contributed by atoms with E-state index in [2.05, 4.69) is 25.6 Å². The number of para-hydroxylation sites is 2. The highest BCUT2D eigenvalue weighted by Gasteiger charge is 2.04. The first-order valence-corrected chi connectivity index (χ1v) is 7.16. The Balaban J connectivity index is 1.61. The highest BCUT2D eigenvalue weighted by molar-refractivity contribution is 5.75. The molecular formula is C18H14N4. The molecule has 4 aromatic rings. The van der Waals surface area contributed by atoms with Crippen molar-refractivity contribution in [3.05, 3.63) is 78.9 Å². The smallest absolute Gasteiger partial charge is 0.159 e. The highest BCUT2D eigenvalue weighted by Crippen LogP contribution is 2.16. The first kappa shape index (κ1) is 12.7. The van der Waals surface area contributed by atoms with Crippen molar-refractivity contribution in [3.63, 3.8) is 0 Å². The minimum Gasteiger partial charge on any atom is -0.326 e. The second-order valence-electron chi connectivity index (χ2n) is 5.14. The molecule has 0 saturated carbocycles. The van der Waals surface area contributed by atoms with Crippen molar-refractivity contribution in [2.45, 2.75) is 6.54 Å². The molecule has 2 aromatic heterocycles. The lowest BCUT2D eigenvalue weighted by Gasteiger charge is -2.05. The fraction of sp³-hybridized carbons (Fsp3) is 0.0556. The monoisotopic (exact) mass is 286 g/mol. The molecule has 0 N–H and O–H groups in total. The Morgan fingerprint density at radius 1 is 0.773 bits per heavy atom. The van der Waals surface area contributed by atoms with E-state index in [9.17, 15) is 0 Å². The van der Waals surface area contributed by atoms with Gasteiger partial charge in [0.25, 0.3) is 0 Å². The van der Waals surface area contributed by atoms with E-state index in [1.165, 1.54) is 0 Å². The summed E-state index contributed by atoms with van der Waals surface area (Å²) in [5.74, 6) is 0.750. The van der Waals surface area contributed by atoms with Gasteiger partial charge in [0.1, 0.15) is 0 Å². The Labute approximate surface area is 128 Å². The maximum Gasteiger partial charge on any atom is 0.159 e. The number of nitrogens with zero attached hydrogens (tertiary/aromatic N) is 4. The summed E-state index contributed by atoms with van der Waals surface area (Å²) < 4.78 is 2.11. The summed E-state index contributed by atoms with van der Waals surface area (Å²) in [7, 11) is 0. The lowest BCUT2D eigenvalue weighted by Crippen LogP contribution is -2.00. The standard InChI is InChI=1S/C18H14N4/c1-2-6-15(7-3-1)18-19-10-14(11-20-18)12-22-13-21-16-8-4-5-9-17(16)22/h1-11,13H,12H2. The first-order valence-electron chi connectivity index (χ1n) is 7.16. The van der Waals surface area contributed by atoms with Gasteiger partial charge in [-0.15, -0.1) is 0 Å².